The zero-order valence-corrected chi connectivity index (χ0v) is 12.2. The summed E-state index contributed by atoms with van der Waals surface area (Å²) >= 11 is 0. The zero-order chi connectivity index (χ0) is 14.4. The van der Waals surface area contributed by atoms with E-state index in [1.165, 1.54) is 11.6 Å². The first kappa shape index (κ1) is 14.8. The van der Waals surface area contributed by atoms with E-state index in [-0.39, 0.29) is 18.2 Å². The Morgan fingerprint density at radius 1 is 1.20 bits per heavy atom. The number of hydrogen-bond acceptors (Lipinski definition) is 3. The third-order valence-electron chi connectivity index (χ3n) is 3.68. The van der Waals surface area contributed by atoms with Crippen molar-refractivity contribution in [1.82, 2.24) is 0 Å². The van der Waals surface area contributed by atoms with Gasteiger partial charge in [0.25, 0.3) is 0 Å². The van der Waals surface area contributed by atoms with Crippen LogP contribution in [0.2, 0.25) is 0 Å². The van der Waals surface area contributed by atoms with E-state index >= 15 is 0 Å². The van der Waals surface area contributed by atoms with Gasteiger partial charge in [-0.15, -0.1) is 0 Å². The Labute approximate surface area is 120 Å². The maximum Gasteiger partial charge on any atom is 0.331 e. The molecule has 3 nitrogen and oxygen atoms in total. The van der Waals surface area contributed by atoms with Gasteiger partial charge in [-0.3, -0.25) is 0 Å². The lowest BCUT2D eigenvalue weighted by molar-refractivity contribution is -0.146. The van der Waals surface area contributed by atoms with Gasteiger partial charge in [-0.25, -0.2) is 4.79 Å². The molecule has 1 aromatic rings. The van der Waals surface area contributed by atoms with E-state index < -0.39 is 0 Å². The van der Waals surface area contributed by atoms with Crippen LogP contribution in [0.4, 0.5) is 0 Å². The summed E-state index contributed by atoms with van der Waals surface area (Å²) in [4.78, 5) is 11.8. The Morgan fingerprint density at radius 3 is 2.60 bits per heavy atom. The van der Waals surface area contributed by atoms with Gasteiger partial charge < -0.3 is 9.47 Å². The number of carbonyl (C=O) groups excluding carboxylic acids is 1. The standard InChI is InChI=1S/C17H22O3/c1-13-6-8-14(9-7-13)10-11-17(18)20-16-5-3-4-15(12-16)19-2/h6-11,15-16H,3-5,12H2,1-2H3/b11-10+. The van der Waals surface area contributed by atoms with Crippen LogP contribution in [-0.4, -0.2) is 25.3 Å². The Kier molecular flexibility index (Phi) is 5.36. The molecule has 108 valence electrons. The molecule has 0 amide bonds. The summed E-state index contributed by atoms with van der Waals surface area (Å²) in [5, 5.41) is 0. The topological polar surface area (TPSA) is 35.5 Å². The van der Waals surface area contributed by atoms with E-state index in [2.05, 4.69) is 0 Å². The number of benzene rings is 1. The lowest BCUT2D eigenvalue weighted by Crippen LogP contribution is -2.28. The average molecular weight is 274 g/mol. The molecule has 0 bridgehead atoms. The number of carbonyl (C=O) groups is 1. The molecule has 1 aliphatic rings. The molecule has 0 aliphatic heterocycles. The quantitative estimate of drug-likeness (QED) is 0.622. The van der Waals surface area contributed by atoms with Crippen LogP contribution < -0.4 is 0 Å². The third kappa shape index (κ3) is 4.49. The van der Waals surface area contributed by atoms with E-state index in [1.54, 1.807) is 13.2 Å². The summed E-state index contributed by atoms with van der Waals surface area (Å²) in [6, 6.07) is 8.02. The molecule has 0 heterocycles. The first-order valence-electron chi connectivity index (χ1n) is 7.15. The summed E-state index contributed by atoms with van der Waals surface area (Å²) in [5.74, 6) is -0.271. The van der Waals surface area contributed by atoms with Crippen molar-refractivity contribution in [1.29, 1.82) is 0 Å². The fourth-order valence-electron chi connectivity index (χ4n) is 2.47. The molecule has 0 aromatic heterocycles. The van der Waals surface area contributed by atoms with Crippen LogP contribution in [0, 0.1) is 6.92 Å². The Bertz CT molecular complexity index is 462. The molecule has 0 saturated heterocycles. The van der Waals surface area contributed by atoms with E-state index in [9.17, 15) is 4.79 Å². The fourth-order valence-corrected chi connectivity index (χ4v) is 2.47. The van der Waals surface area contributed by atoms with Crippen LogP contribution in [0.15, 0.2) is 30.3 Å². The zero-order valence-electron chi connectivity index (χ0n) is 12.2. The lowest BCUT2D eigenvalue weighted by atomic mass is 9.95. The van der Waals surface area contributed by atoms with Crippen LogP contribution in [0.3, 0.4) is 0 Å². The number of hydrogen-bond donors (Lipinski definition) is 0. The number of ether oxygens (including phenoxy) is 2. The molecule has 1 aliphatic carbocycles. The van der Waals surface area contributed by atoms with E-state index in [0.717, 1.165) is 31.2 Å². The Hall–Kier alpha value is -1.61. The summed E-state index contributed by atoms with van der Waals surface area (Å²) in [7, 11) is 1.71. The smallest absolute Gasteiger partial charge is 0.331 e. The van der Waals surface area contributed by atoms with Crippen molar-refractivity contribution >= 4 is 12.0 Å². The van der Waals surface area contributed by atoms with Gasteiger partial charge in [0.15, 0.2) is 0 Å². The number of rotatable bonds is 4. The highest BCUT2D eigenvalue weighted by Crippen LogP contribution is 2.23. The fraction of sp³-hybridized carbons (Fsp3) is 0.471. The van der Waals surface area contributed by atoms with Gasteiger partial charge >= 0.3 is 5.97 Å². The Morgan fingerprint density at radius 2 is 1.90 bits per heavy atom. The third-order valence-corrected chi connectivity index (χ3v) is 3.68. The van der Waals surface area contributed by atoms with Crippen LogP contribution >= 0.6 is 0 Å². The minimum absolute atomic E-state index is 0.0103. The van der Waals surface area contributed by atoms with Gasteiger partial charge in [0.1, 0.15) is 6.10 Å². The molecular formula is C17H22O3. The van der Waals surface area contributed by atoms with Crippen molar-refractivity contribution in [3.63, 3.8) is 0 Å². The second-order valence-electron chi connectivity index (χ2n) is 5.33. The molecule has 1 aromatic carbocycles. The summed E-state index contributed by atoms with van der Waals surface area (Å²) in [6.07, 6.45) is 7.36. The van der Waals surface area contributed by atoms with Crippen molar-refractivity contribution in [2.45, 2.75) is 44.8 Å². The van der Waals surface area contributed by atoms with Crippen LogP contribution in [0.1, 0.15) is 36.8 Å². The number of aryl methyl sites for hydroxylation is 1. The second-order valence-corrected chi connectivity index (χ2v) is 5.33. The van der Waals surface area contributed by atoms with E-state index in [0.29, 0.717) is 0 Å². The van der Waals surface area contributed by atoms with Crippen LogP contribution in [0.5, 0.6) is 0 Å². The highest BCUT2D eigenvalue weighted by atomic mass is 16.5. The van der Waals surface area contributed by atoms with Crippen molar-refractivity contribution in [2.24, 2.45) is 0 Å². The molecular weight excluding hydrogens is 252 g/mol. The number of esters is 1. The molecule has 2 atom stereocenters. The normalized spacial score (nSPS) is 22.9. The lowest BCUT2D eigenvalue weighted by Gasteiger charge is -2.27. The number of methoxy groups -OCH3 is 1. The van der Waals surface area contributed by atoms with Crippen molar-refractivity contribution in [2.75, 3.05) is 7.11 Å². The molecule has 3 heteroatoms. The maximum atomic E-state index is 11.8. The van der Waals surface area contributed by atoms with Gasteiger partial charge in [-0.05, 0) is 37.8 Å². The van der Waals surface area contributed by atoms with Crippen molar-refractivity contribution < 1.29 is 14.3 Å². The summed E-state index contributed by atoms with van der Waals surface area (Å²) in [5.41, 5.74) is 2.21. The van der Waals surface area contributed by atoms with E-state index in [4.69, 9.17) is 9.47 Å². The monoisotopic (exact) mass is 274 g/mol. The summed E-state index contributed by atoms with van der Waals surface area (Å²) < 4.78 is 10.8. The predicted molar refractivity (Wildman–Crippen MR) is 79.4 cm³/mol. The first-order chi connectivity index (χ1) is 9.67. The molecule has 20 heavy (non-hydrogen) atoms. The molecule has 0 spiro atoms. The first-order valence-corrected chi connectivity index (χ1v) is 7.15. The van der Waals surface area contributed by atoms with E-state index in [1.807, 2.05) is 31.2 Å². The SMILES string of the molecule is COC1CCCC(OC(=O)/C=C/c2ccc(C)cc2)C1. The van der Waals surface area contributed by atoms with Crippen LogP contribution in [-0.2, 0) is 14.3 Å². The van der Waals surface area contributed by atoms with Gasteiger partial charge in [0, 0.05) is 19.6 Å². The molecule has 0 radical (unpaired) electrons. The molecule has 1 fully saturated rings. The van der Waals surface area contributed by atoms with Gasteiger partial charge in [0.2, 0.25) is 0 Å². The highest BCUT2D eigenvalue weighted by Gasteiger charge is 2.23. The van der Waals surface area contributed by atoms with Gasteiger partial charge in [-0.1, -0.05) is 29.8 Å². The molecule has 1 saturated carbocycles. The highest BCUT2D eigenvalue weighted by molar-refractivity contribution is 5.87. The van der Waals surface area contributed by atoms with Crippen molar-refractivity contribution in [3.8, 4) is 0 Å². The Balaban J connectivity index is 1.84. The van der Waals surface area contributed by atoms with Crippen molar-refractivity contribution in [3.05, 3.63) is 41.5 Å². The maximum absolute atomic E-state index is 11.8. The molecule has 2 rings (SSSR count). The minimum Gasteiger partial charge on any atom is -0.459 e. The largest absolute Gasteiger partial charge is 0.459 e. The van der Waals surface area contributed by atoms with Crippen LogP contribution in [0.25, 0.3) is 6.08 Å². The average Bonchev–Trinajstić information content (AvgIpc) is 2.47. The second kappa shape index (κ2) is 7.25. The van der Waals surface area contributed by atoms with Gasteiger partial charge in [0.05, 0.1) is 6.10 Å². The summed E-state index contributed by atoms with van der Waals surface area (Å²) in [6.45, 7) is 2.04. The predicted octanol–water partition coefficient (Wildman–Crippen LogP) is 3.51. The minimum atomic E-state index is -0.271. The van der Waals surface area contributed by atoms with Gasteiger partial charge in [-0.2, -0.15) is 0 Å². The molecule has 0 N–H and O–H groups in total. The molecule has 2 unspecified atom stereocenters.